The van der Waals surface area contributed by atoms with E-state index in [0.29, 0.717) is 17.7 Å². The van der Waals surface area contributed by atoms with Gasteiger partial charge in [0.1, 0.15) is 11.6 Å². The summed E-state index contributed by atoms with van der Waals surface area (Å²) in [7, 11) is 1.97. The van der Waals surface area contributed by atoms with E-state index in [1.54, 1.807) is 17.4 Å². The quantitative estimate of drug-likeness (QED) is 0.286. The molecule has 38 heavy (non-hydrogen) atoms. The fraction of sp³-hybridized carbons (Fsp3) is 0.344. The van der Waals surface area contributed by atoms with Crippen molar-refractivity contribution in [3.8, 4) is 0 Å². The van der Waals surface area contributed by atoms with Crippen molar-refractivity contribution in [1.82, 2.24) is 14.9 Å². The molecule has 0 saturated carbocycles. The topological polar surface area (TPSA) is 22.1 Å². The molecule has 4 nitrogen and oxygen atoms in total. The molecule has 1 aliphatic heterocycles. The third kappa shape index (κ3) is 6.73. The summed E-state index contributed by atoms with van der Waals surface area (Å²) in [4.78, 5) is 7.93. The van der Waals surface area contributed by atoms with Crippen LogP contribution in [0.2, 0.25) is 0 Å². The largest absolute Gasteiger partial charge is 0.308 e. The van der Waals surface area contributed by atoms with Crippen molar-refractivity contribution in [2.75, 3.05) is 13.6 Å². The molecule has 1 aromatic carbocycles. The predicted molar refractivity (Wildman–Crippen MR) is 163 cm³/mol. The molecule has 0 fully saturated rings. The number of allylic oxidation sites excluding steroid dienone is 2. The van der Waals surface area contributed by atoms with Crippen LogP contribution in [0.1, 0.15) is 57.0 Å². The minimum Gasteiger partial charge on any atom is -0.308 e. The molecule has 0 atom stereocenters. The van der Waals surface area contributed by atoms with E-state index in [-0.39, 0.29) is 5.82 Å². The lowest BCUT2D eigenvalue weighted by Crippen LogP contribution is -2.44. The molecule has 0 saturated heterocycles. The Morgan fingerprint density at radius 3 is 2.47 bits per heavy atom. The number of nitrogens with zero attached hydrogens (tertiary/aromatic N) is 4. The van der Waals surface area contributed by atoms with E-state index in [1.165, 1.54) is 6.07 Å². The van der Waals surface area contributed by atoms with Gasteiger partial charge in [0.15, 0.2) is 0 Å². The Hall–Kier alpha value is -3.38. The first kappa shape index (κ1) is 29.2. The van der Waals surface area contributed by atoms with Crippen molar-refractivity contribution in [2.45, 2.75) is 48.0 Å². The molecule has 0 bridgehead atoms. The van der Waals surface area contributed by atoms with Crippen LogP contribution in [0.5, 0.6) is 0 Å². The molecular formula is C32H41FN4S. The van der Waals surface area contributed by atoms with Crippen molar-refractivity contribution in [2.24, 2.45) is 16.8 Å². The first-order chi connectivity index (χ1) is 17.9. The van der Waals surface area contributed by atoms with Crippen LogP contribution in [-0.4, -0.2) is 34.2 Å². The molecule has 3 rings (SSSR count). The van der Waals surface area contributed by atoms with Crippen molar-refractivity contribution >= 4 is 28.3 Å². The monoisotopic (exact) mass is 532 g/mol. The molecule has 0 amide bonds. The van der Waals surface area contributed by atoms with Crippen LogP contribution < -0.4 is 0 Å². The van der Waals surface area contributed by atoms with Gasteiger partial charge in [0.2, 0.25) is 0 Å². The Morgan fingerprint density at radius 1 is 1.16 bits per heavy atom. The number of hydrogen-bond donors (Lipinski definition) is 0. The molecule has 1 aromatic heterocycles. The smallest absolute Gasteiger partial charge is 0.129 e. The molecule has 2 heterocycles. The number of aryl methyl sites for hydroxylation is 1. The fourth-order valence-electron chi connectivity index (χ4n) is 4.34. The first-order valence-electron chi connectivity index (χ1n) is 13.0. The highest BCUT2D eigenvalue weighted by molar-refractivity contribution is 7.11. The second-order valence-corrected chi connectivity index (χ2v) is 11.6. The summed E-state index contributed by atoms with van der Waals surface area (Å²) in [6, 6.07) is 9.03. The minimum absolute atomic E-state index is 0.243. The van der Waals surface area contributed by atoms with Crippen LogP contribution in [0.15, 0.2) is 89.9 Å². The number of hydrazine groups is 1. The normalized spacial score (nSPS) is 15.1. The molecule has 0 spiro atoms. The second-order valence-electron chi connectivity index (χ2n) is 10.6. The van der Waals surface area contributed by atoms with Gasteiger partial charge in [0.25, 0.3) is 0 Å². The average Bonchev–Trinajstić information content (AvgIpc) is 3.39. The maximum Gasteiger partial charge on any atom is 0.129 e. The van der Waals surface area contributed by atoms with Crippen LogP contribution in [0.3, 0.4) is 0 Å². The van der Waals surface area contributed by atoms with E-state index in [9.17, 15) is 4.39 Å². The minimum atomic E-state index is -0.243. The van der Waals surface area contributed by atoms with E-state index in [2.05, 4.69) is 59.7 Å². The summed E-state index contributed by atoms with van der Waals surface area (Å²) in [6.07, 6.45) is 4.90. The Labute approximate surface area is 232 Å². The highest BCUT2D eigenvalue weighted by Crippen LogP contribution is 2.36. The Bertz CT molecular complexity index is 1280. The van der Waals surface area contributed by atoms with Crippen LogP contribution >= 0.6 is 11.3 Å². The van der Waals surface area contributed by atoms with Gasteiger partial charge in [-0.05, 0) is 72.4 Å². The molecule has 0 aliphatic carbocycles. The number of thiophene rings is 1. The zero-order valence-electron chi connectivity index (χ0n) is 23.9. The molecule has 0 radical (unpaired) electrons. The SMILES string of the molecule is C=C(c1cccs1)N(C)N1C(=C)C(/C(C)=N/CC(C)C)=CN(/C=C(\CC(C)C)c2cc(F)ccc2C)C1=C. The van der Waals surface area contributed by atoms with Gasteiger partial charge in [0, 0.05) is 37.3 Å². The summed E-state index contributed by atoms with van der Waals surface area (Å²) in [5.41, 5.74) is 6.41. The number of benzene rings is 1. The number of halogens is 1. The highest BCUT2D eigenvalue weighted by atomic mass is 32.1. The lowest BCUT2D eigenvalue weighted by Gasteiger charge is -2.44. The summed E-state index contributed by atoms with van der Waals surface area (Å²) < 4.78 is 14.3. The molecule has 1 aliphatic rings. The van der Waals surface area contributed by atoms with Crippen molar-refractivity contribution in [1.29, 1.82) is 0 Å². The number of hydrogen-bond acceptors (Lipinski definition) is 5. The standard InChI is InChI=1S/C32H41FN4S/c1-21(2)16-28(30-17-29(33)14-13-23(30)5)19-36-20-31(24(6)34-18-22(3)4)25(7)37(27(36)9)35(10)26(8)32-12-11-15-38-32/h11-15,17,19-22H,7-9,16,18H2,1-6,10H3/b28-19+,34-24+. The van der Waals surface area contributed by atoms with Gasteiger partial charge in [0.05, 0.1) is 16.3 Å². The van der Waals surface area contributed by atoms with Crippen molar-refractivity contribution < 1.29 is 4.39 Å². The van der Waals surface area contributed by atoms with E-state index in [1.807, 2.05) is 59.5 Å². The number of aliphatic imine (C=N–C) groups is 1. The molecular weight excluding hydrogens is 491 g/mol. The Morgan fingerprint density at radius 2 is 1.87 bits per heavy atom. The second kappa shape index (κ2) is 12.4. The van der Waals surface area contributed by atoms with E-state index in [0.717, 1.165) is 57.2 Å². The molecule has 0 unspecified atom stereocenters. The summed E-state index contributed by atoms with van der Waals surface area (Å²) in [5, 5.41) is 6.00. The average molecular weight is 533 g/mol. The lowest BCUT2D eigenvalue weighted by atomic mass is 9.93. The van der Waals surface area contributed by atoms with Crippen molar-refractivity contribution in [3.05, 3.63) is 107 Å². The third-order valence-electron chi connectivity index (χ3n) is 6.43. The predicted octanol–water partition coefficient (Wildman–Crippen LogP) is 8.70. The van der Waals surface area contributed by atoms with Gasteiger partial charge >= 0.3 is 0 Å². The maximum atomic E-state index is 14.3. The van der Waals surface area contributed by atoms with E-state index >= 15 is 0 Å². The summed E-state index contributed by atoms with van der Waals surface area (Å²) >= 11 is 1.64. The van der Waals surface area contributed by atoms with Gasteiger partial charge < -0.3 is 4.90 Å². The molecule has 202 valence electrons. The van der Waals surface area contributed by atoms with E-state index in [4.69, 9.17) is 4.99 Å². The fourth-order valence-corrected chi connectivity index (χ4v) is 5.07. The molecule has 6 heteroatoms. The first-order valence-corrected chi connectivity index (χ1v) is 13.9. The maximum absolute atomic E-state index is 14.3. The van der Waals surface area contributed by atoms with Crippen LogP contribution in [-0.2, 0) is 0 Å². The lowest BCUT2D eigenvalue weighted by molar-refractivity contribution is 0.119. The highest BCUT2D eigenvalue weighted by Gasteiger charge is 2.30. The zero-order valence-corrected chi connectivity index (χ0v) is 24.7. The van der Waals surface area contributed by atoms with Gasteiger partial charge in [-0.3, -0.25) is 10.0 Å². The Kier molecular flexibility index (Phi) is 9.55. The van der Waals surface area contributed by atoms with Crippen molar-refractivity contribution in [3.63, 3.8) is 0 Å². The third-order valence-corrected chi connectivity index (χ3v) is 7.34. The molecule has 0 N–H and O–H groups in total. The Balaban J connectivity index is 2.15. The zero-order chi connectivity index (χ0) is 28.1. The summed E-state index contributed by atoms with van der Waals surface area (Å²) in [5.74, 6) is 1.28. The van der Waals surface area contributed by atoms with Crippen LogP contribution in [0.4, 0.5) is 4.39 Å². The number of rotatable bonds is 10. The van der Waals surface area contributed by atoms with Crippen LogP contribution in [0.25, 0.3) is 11.3 Å². The van der Waals surface area contributed by atoms with Gasteiger partial charge in [-0.15, -0.1) is 11.3 Å². The van der Waals surface area contributed by atoms with E-state index < -0.39 is 0 Å². The van der Waals surface area contributed by atoms with Gasteiger partial charge in [-0.2, -0.15) is 0 Å². The van der Waals surface area contributed by atoms with Gasteiger partial charge in [-0.25, -0.2) is 9.40 Å². The van der Waals surface area contributed by atoms with Crippen LogP contribution in [0, 0.1) is 24.6 Å². The van der Waals surface area contributed by atoms with Gasteiger partial charge in [-0.1, -0.05) is 59.6 Å². The summed E-state index contributed by atoms with van der Waals surface area (Å²) in [6.45, 7) is 26.7. The molecule has 2 aromatic rings.